The summed E-state index contributed by atoms with van der Waals surface area (Å²) in [7, 11) is -7.63. The molecule has 0 N–H and O–H groups in total. The number of hydrogen-bond acceptors (Lipinski definition) is 5. The predicted octanol–water partition coefficient (Wildman–Crippen LogP) is 9.99. The maximum absolute atomic E-state index is 12.2. The molecule has 0 bridgehead atoms. The lowest BCUT2D eigenvalue weighted by Gasteiger charge is -2.34. The van der Waals surface area contributed by atoms with Crippen molar-refractivity contribution < 1.29 is 56.9 Å². The summed E-state index contributed by atoms with van der Waals surface area (Å²) in [5.41, 5.74) is 4.20. The average molecular weight is 725 g/mol. The molecule has 4 nitrogen and oxygen atoms in total. The first-order valence-corrected chi connectivity index (χ1v) is 16.1. The molecule has 5 aromatic rings. The Hall–Kier alpha value is -3.60. The number of fused-ring (bicyclic) bond motifs is 2. The molecular weight excluding hydrogens is 704 g/mol. The van der Waals surface area contributed by atoms with Gasteiger partial charge in [-0.15, -0.1) is 0 Å². The first kappa shape index (κ1) is 36.2. The summed E-state index contributed by atoms with van der Waals surface area (Å²) < 4.78 is 142. The highest BCUT2D eigenvalue weighted by molar-refractivity contribution is 7.97. The summed E-state index contributed by atoms with van der Waals surface area (Å²) in [5, 5.41) is -5.13. The van der Waals surface area contributed by atoms with Crippen LogP contribution in [0, 0.1) is 18.4 Å². The standard InChI is InChI=1S/C27H21OS2.C4HF9O3S/c1-18-7-11-20(12-8-18)30(21-13-9-19(2)10-14-21)22-15-16-26-24(17-22)27(29)23-5-3-4-6-25(23)28-26;5-1(6,3(9,10)11)2(7,8)4(12,13)17(14,15)16/h3-17H,1-2H3;(H,14,15,16)/q+1;/p-1. The summed E-state index contributed by atoms with van der Waals surface area (Å²) in [6.45, 7) is 4.25. The second-order valence-corrected chi connectivity index (χ2v) is 14.0. The van der Waals surface area contributed by atoms with Crippen LogP contribution in [0.3, 0.4) is 0 Å². The maximum Gasteiger partial charge on any atom is 0.460 e. The molecule has 0 atom stereocenters. The Morgan fingerprint density at radius 3 is 1.55 bits per heavy atom. The van der Waals surface area contributed by atoms with E-state index in [1.165, 1.54) is 25.8 Å². The highest BCUT2D eigenvalue weighted by Gasteiger charge is 2.83. The van der Waals surface area contributed by atoms with Crippen LogP contribution in [0.2, 0.25) is 0 Å². The Bertz CT molecular complexity index is 2030. The van der Waals surface area contributed by atoms with Crippen molar-refractivity contribution in [1.29, 1.82) is 0 Å². The van der Waals surface area contributed by atoms with Crippen LogP contribution in [0.5, 0.6) is 0 Å². The topological polar surface area (TPSA) is 70.3 Å². The third kappa shape index (κ3) is 6.87. The highest BCUT2D eigenvalue weighted by Crippen LogP contribution is 2.54. The summed E-state index contributed by atoms with van der Waals surface area (Å²) in [6, 6.07) is 32.2. The van der Waals surface area contributed by atoms with Crippen LogP contribution in [0.1, 0.15) is 11.1 Å². The fourth-order valence-electron chi connectivity index (χ4n) is 4.18. The zero-order chi connectivity index (χ0) is 35.2. The van der Waals surface area contributed by atoms with Gasteiger partial charge in [0.1, 0.15) is 11.2 Å². The van der Waals surface area contributed by atoms with E-state index >= 15 is 0 Å². The second-order valence-electron chi connectivity index (χ2n) is 10.1. The molecule has 0 aliphatic heterocycles. The number of benzene rings is 4. The van der Waals surface area contributed by atoms with E-state index < -0.39 is 33.4 Å². The van der Waals surface area contributed by atoms with Crippen LogP contribution in [0.4, 0.5) is 39.5 Å². The Morgan fingerprint density at radius 2 is 1.09 bits per heavy atom. The third-order valence-electron chi connectivity index (χ3n) is 6.73. The molecule has 1 aromatic heterocycles. The Kier molecular flexibility index (Phi) is 9.86. The molecule has 0 unspecified atom stereocenters. The molecule has 0 radical (unpaired) electrons. The molecule has 0 aliphatic rings. The lowest BCUT2D eigenvalue weighted by molar-refractivity contribution is -0.382. The minimum Gasteiger partial charge on any atom is -0.743 e. The molecule has 0 fully saturated rings. The molecule has 0 aliphatic carbocycles. The van der Waals surface area contributed by atoms with E-state index in [4.69, 9.17) is 16.6 Å². The van der Waals surface area contributed by atoms with Crippen LogP contribution in [-0.2, 0) is 21.0 Å². The normalized spacial score (nSPS) is 13.1. The zero-order valence-corrected chi connectivity index (χ0v) is 26.4. The number of hydrogen-bond donors (Lipinski definition) is 0. The molecule has 16 heteroatoms. The zero-order valence-electron chi connectivity index (χ0n) is 23.9. The van der Waals surface area contributed by atoms with E-state index in [1.54, 1.807) is 0 Å². The van der Waals surface area contributed by atoms with Crippen molar-refractivity contribution in [2.45, 2.75) is 51.8 Å². The summed E-state index contributed by atoms with van der Waals surface area (Å²) in [6.07, 6.45) is -7.16. The van der Waals surface area contributed by atoms with Gasteiger partial charge in [0.2, 0.25) is 0 Å². The number of para-hydroxylation sites is 1. The van der Waals surface area contributed by atoms with Gasteiger partial charge in [-0.3, -0.25) is 0 Å². The van der Waals surface area contributed by atoms with Gasteiger partial charge in [-0.05, 0) is 62.4 Å². The van der Waals surface area contributed by atoms with Crippen molar-refractivity contribution in [2.24, 2.45) is 0 Å². The molecule has 1 heterocycles. The van der Waals surface area contributed by atoms with E-state index in [0.29, 0.717) is 0 Å². The maximum atomic E-state index is 12.2. The van der Waals surface area contributed by atoms with E-state index in [9.17, 15) is 52.5 Å². The van der Waals surface area contributed by atoms with Gasteiger partial charge in [-0.2, -0.15) is 39.5 Å². The smallest absolute Gasteiger partial charge is 0.460 e. The van der Waals surface area contributed by atoms with Gasteiger partial charge in [-0.1, -0.05) is 59.7 Å². The predicted molar refractivity (Wildman–Crippen MR) is 160 cm³/mol. The minimum atomic E-state index is -7.43. The van der Waals surface area contributed by atoms with E-state index in [-0.39, 0.29) is 10.9 Å². The van der Waals surface area contributed by atoms with Crippen molar-refractivity contribution >= 4 is 55.2 Å². The molecule has 0 saturated carbocycles. The Balaban J connectivity index is 0.000000253. The van der Waals surface area contributed by atoms with Gasteiger partial charge in [0.25, 0.3) is 0 Å². The second kappa shape index (κ2) is 12.8. The first-order chi connectivity index (χ1) is 21.6. The van der Waals surface area contributed by atoms with Crippen molar-refractivity contribution in [2.75, 3.05) is 0 Å². The molecule has 4 aromatic carbocycles. The fraction of sp³-hybridized carbons (Fsp3) is 0.194. The molecular formula is C31H21F9O4S3. The quantitative estimate of drug-likeness (QED) is 0.0574. The van der Waals surface area contributed by atoms with E-state index in [0.717, 1.165) is 26.4 Å². The van der Waals surface area contributed by atoms with Gasteiger partial charge in [0.05, 0.1) is 15.4 Å². The van der Waals surface area contributed by atoms with Crippen molar-refractivity contribution in [3.8, 4) is 0 Å². The number of rotatable bonds is 6. The van der Waals surface area contributed by atoms with Crippen molar-refractivity contribution in [3.63, 3.8) is 0 Å². The summed E-state index contributed by atoms with van der Waals surface area (Å²) in [4.78, 5) is 3.84. The van der Waals surface area contributed by atoms with Crippen LogP contribution >= 0.6 is 12.2 Å². The van der Waals surface area contributed by atoms with Gasteiger partial charge in [0.15, 0.2) is 24.8 Å². The lowest BCUT2D eigenvalue weighted by atomic mass is 10.1. The lowest BCUT2D eigenvalue weighted by Crippen LogP contribution is -2.63. The van der Waals surface area contributed by atoms with Crippen LogP contribution in [-0.4, -0.2) is 36.2 Å². The summed E-state index contributed by atoms with van der Waals surface area (Å²) >= 11 is 5.85. The molecule has 0 amide bonds. The number of halogens is 9. The molecule has 0 saturated heterocycles. The van der Waals surface area contributed by atoms with Gasteiger partial charge < -0.3 is 8.97 Å². The van der Waals surface area contributed by atoms with E-state index in [1.807, 2.05) is 24.3 Å². The average Bonchev–Trinajstić information content (AvgIpc) is 2.98. The third-order valence-corrected chi connectivity index (χ3v) is 10.3. The molecule has 250 valence electrons. The van der Waals surface area contributed by atoms with Crippen molar-refractivity contribution in [1.82, 2.24) is 0 Å². The van der Waals surface area contributed by atoms with Crippen molar-refractivity contribution in [3.05, 3.63) is 107 Å². The molecule has 0 spiro atoms. The largest absolute Gasteiger partial charge is 0.743 e. The van der Waals surface area contributed by atoms with Crippen LogP contribution in [0.15, 0.2) is 110 Å². The number of aryl methyl sites for hydroxylation is 2. The molecule has 47 heavy (non-hydrogen) atoms. The van der Waals surface area contributed by atoms with Crippen LogP contribution < -0.4 is 0 Å². The minimum absolute atomic E-state index is 0.217. The van der Waals surface area contributed by atoms with Gasteiger partial charge in [-0.25, -0.2) is 8.42 Å². The monoisotopic (exact) mass is 724 g/mol. The number of alkyl halides is 9. The molecule has 5 rings (SSSR count). The van der Waals surface area contributed by atoms with Crippen LogP contribution in [0.25, 0.3) is 21.9 Å². The fourth-order valence-corrected chi connectivity index (χ4v) is 7.03. The van der Waals surface area contributed by atoms with Gasteiger partial charge >= 0.3 is 23.3 Å². The SMILES string of the molecule is Cc1ccc([S+](c2ccc(C)cc2)c2ccc3oc4ccccc4c(=S)c3c2)cc1.O=S(=O)([O-])C(F)(F)C(F)(F)C(F)(F)C(F)(F)F. The Labute approximate surface area is 269 Å². The highest BCUT2D eigenvalue weighted by atomic mass is 32.2. The van der Waals surface area contributed by atoms with Gasteiger partial charge in [0, 0.05) is 16.8 Å². The summed E-state index contributed by atoms with van der Waals surface area (Å²) in [5.74, 6) is -14.8. The first-order valence-electron chi connectivity index (χ1n) is 13.1. The Morgan fingerprint density at radius 1 is 0.638 bits per heavy atom. The van der Waals surface area contributed by atoms with E-state index in [2.05, 4.69) is 80.6 Å².